The van der Waals surface area contributed by atoms with Crippen LogP contribution in [0.2, 0.25) is 0 Å². The lowest BCUT2D eigenvalue weighted by Crippen LogP contribution is -2.41. The number of aliphatic imine (C=N–C) groups is 1. The molecule has 210 valence electrons. The summed E-state index contributed by atoms with van der Waals surface area (Å²) in [7, 11) is 0. The van der Waals surface area contributed by atoms with Crippen LogP contribution in [-0.2, 0) is 9.53 Å². The first-order chi connectivity index (χ1) is 18.7. The van der Waals surface area contributed by atoms with Crippen molar-refractivity contribution < 1.29 is 19.1 Å². The Labute approximate surface area is 231 Å². The SMILES string of the molecule is CC(C)(C)OC(=O)CNC(=O)c1ccc(C2C=NC(Nc3ccc(OCCN4CCCCC4)cc3)NC2)cc1. The Balaban J connectivity index is 1.19. The van der Waals surface area contributed by atoms with Crippen LogP contribution in [0.5, 0.6) is 5.75 Å². The molecule has 39 heavy (non-hydrogen) atoms. The maximum atomic E-state index is 12.4. The highest BCUT2D eigenvalue weighted by molar-refractivity contribution is 5.96. The lowest BCUT2D eigenvalue weighted by atomic mass is 9.98. The van der Waals surface area contributed by atoms with Crippen molar-refractivity contribution in [3.8, 4) is 5.75 Å². The van der Waals surface area contributed by atoms with Gasteiger partial charge >= 0.3 is 5.97 Å². The summed E-state index contributed by atoms with van der Waals surface area (Å²) in [5, 5.41) is 9.41. The summed E-state index contributed by atoms with van der Waals surface area (Å²) < 4.78 is 11.1. The van der Waals surface area contributed by atoms with Gasteiger partial charge in [-0.15, -0.1) is 0 Å². The lowest BCUT2D eigenvalue weighted by molar-refractivity contribution is -0.153. The topological polar surface area (TPSA) is 104 Å². The van der Waals surface area contributed by atoms with Crippen molar-refractivity contribution >= 4 is 23.8 Å². The molecule has 3 N–H and O–H groups in total. The quantitative estimate of drug-likeness (QED) is 0.398. The largest absolute Gasteiger partial charge is 0.492 e. The molecule has 9 heteroatoms. The van der Waals surface area contributed by atoms with Crippen LogP contribution < -0.4 is 20.7 Å². The van der Waals surface area contributed by atoms with E-state index >= 15 is 0 Å². The van der Waals surface area contributed by atoms with E-state index in [4.69, 9.17) is 9.47 Å². The maximum Gasteiger partial charge on any atom is 0.325 e. The predicted octanol–water partition coefficient (Wildman–Crippen LogP) is 3.78. The van der Waals surface area contributed by atoms with Gasteiger partial charge in [-0.05, 0) is 88.7 Å². The molecule has 1 amide bonds. The van der Waals surface area contributed by atoms with Crippen molar-refractivity contribution in [3.63, 3.8) is 0 Å². The minimum absolute atomic E-state index is 0.0950. The van der Waals surface area contributed by atoms with Crippen LogP contribution in [0.25, 0.3) is 0 Å². The number of piperidine rings is 1. The van der Waals surface area contributed by atoms with Gasteiger partial charge in [0.2, 0.25) is 0 Å². The minimum atomic E-state index is -0.584. The van der Waals surface area contributed by atoms with Crippen LogP contribution in [0.3, 0.4) is 0 Å². The Morgan fingerprint density at radius 2 is 1.74 bits per heavy atom. The number of likely N-dealkylation sites (tertiary alicyclic amines) is 1. The fraction of sp³-hybridized carbons (Fsp3) is 0.500. The number of amides is 1. The summed E-state index contributed by atoms with van der Waals surface area (Å²) >= 11 is 0. The van der Waals surface area contributed by atoms with Gasteiger partial charge < -0.3 is 20.1 Å². The third-order valence-corrected chi connectivity index (χ3v) is 6.64. The number of benzene rings is 2. The number of ether oxygens (including phenoxy) is 2. The van der Waals surface area contributed by atoms with E-state index in [2.05, 4.69) is 25.8 Å². The van der Waals surface area contributed by atoms with Gasteiger partial charge in [0, 0.05) is 36.5 Å². The molecule has 2 aliphatic heterocycles. The van der Waals surface area contributed by atoms with Crippen molar-refractivity contribution in [3.05, 3.63) is 59.7 Å². The molecule has 0 spiro atoms. The van der Waals surface area contributed by atoms with Gasteiger partial charge in [0.05, 0.1) is 0 Å². The Hall–Kier alpha value is -3.43. The second-order valence-electron chi connectivity index (χ2n) is 11.0. The fourth-order valence-corrected chi connectivity index (χ4v) is 4.62. The summed E-state index contributed by atoms with van der Waals surface area (Å²) in [6.45, 7) is 9.97. The molecule has 2 aromatic carbocycles. The molecular formula is C30H41N5O4. The van der Waals surface area contributed by atoms with E-state index in [1.165, 1.54) is 32.4 Å². The Morgan fingerprint density at radius 1 is 1.03 bits per heavy atom. The monoisotopic (exact) mass is 535 g/mol. The Bertz CT molecular complexity index is 1110. The molecule has 0 radical (unpaired) electrons. The van der Waals surface area contributed by atoms with Crippen molar-refractivity contribution in [2.24, 2.45) is 4.99 Å². The van der Waals surface area contributed by atoms with Crippen molar-refractivity contribution in [2.45, 2.75) is 57.8 Å². The summed E-state index contributed by atoms with van der Waals surface area (Å²) in [5.41, 5.74) is 1.92. The fourth-order valence-electron chi connectivity index (χ4n) is 4.62. The van der Waals surface area contributed by atoms with E-state index in [1.54, 1.807) is 32.9 Å². The number of hydrogen-bond acceptors (Lipinski definition) is 8. The molecule has 9 nitrogen and oxygen atoms in total. The highest BCUT2D eigenvalue weighted by atomic mass is 16.6. The molecule has 0 bridgehead atoms. The number of anilines is 1. The summed E-state index contributed by atoms with van der Waals surface area (Å²) in [6.07, 6.45) is 5.65. The molecule has 2 aliphatic rings. The van der Waals surface area contributed by atoms with Gasteiger partial charge in [0.25, 0.3) is 5.91 Å². The number of rotatable bonds is 10. The van der Waals surface area contributed by atoms with Crippen molar-refractivity contribution in [1.29, 1.82) is 0 Å². The Morgan fingerprint density at radius 3 is 2.38 bits per heavy atom. The number of esters is 1. The molecule has 1 fully saturated rings. The standard InChI is InChI=1S/C30H41N5O4/c1-30(2,3)39-27(36)21-31-28(37)23-9-7-22(8-10-23)24-19-32-29(33-20-24)34-25-11-13-26(14-12-25)38-18-17-35-15-5-4-6-16-35/h7-14,19,24,29,33-34H,4-6,15-18,20-21H2,1-3H3,(H,31,37). The highest BCUT2D eigenvalue weighted by Crippen LogP contribution is 2.20. The van der Waals surface area contributed by atoms with Gasteiger partial charge in [0.1, 0.15) is 24.5 Å². The average Bonchev–Trinajstić information content (AvgIpc) is 2.93. The van der Waals surface area contributed by atoms with Crippen LogP contribution >= 0.6 is 0 Å². The van der Waals surface area contributed by atoms with Crippen LogP contribution in [0, 0.1) is 0 Å². The molecule has 4 rings (SSSR count). The van der Waals surface area contributed by atoms with Gasteiger partial charge in [0.15, 0.2) is 6.29 Å². The molecule has 0 aromatic heterocycles. The first kappa shape index (κ1) is 28.6. The average molecular weight is 536 g/mol. The van der Waals surface area contributed by atoms with Gasteiger partial charge in [-0.25, -0.2) is 0 Å². The molecule has 1 saturated heterocycles. The third-order valence-electron chi connectivity index (χ3n) is 6.64. The summed E-state index contributed by atoms with van der Waals surface area (Å²) in [4.78, 5) is 31.3. The van der Waals surface area contributed by atoms with E-state index in [0.717, 1.165) is 23.5 Å². The lowest BCUT2D eigenvalue weighted by Gasteiger charge is -2.26. The number of nitrogens with zero attached hydrogens (tertiary/aromatic N) is 2. The number of carbonyl (C=O) groups is 2. The molecule has 2 unspecified atom stereocenters. The zero-order chi connectivity index (χ0) is 27.7. The van der Waals surface area contributed by atoms with Crippen LogP contribution in [0.15, 0.2) is 53.5 Å². The van der Waals surface area contributed by atoms with Crippen LogP contribution in [-0.4, -0.2) is 74.2 Å². The summed E-state index contributed by atoms with van der Waals surface area (Å²) in [5.74, 6) is 0.190. The third kappa shape index (κ3) is 9.37. The van der Waals surface area contributed by atoms with Crippen molar-refractivity contribution in [2.75, 3.05) is 44.6 Å². The zero-order valence-corrected chi connectivity index (χ0v) is 23.2. The normalized spacial score (nSPS) is 19.8. The molecular weight excluding hydrogens is 494 g/mol. The highest BCUT2D eigenvalue weighted by Gasteiger charge is 2.19. The molecule has 2 heterocycles. The number of carbonyl (C=O) groups excluding carboxylic acids is 2. The Kier molecular flexibility index (Phi) is 9.95. The van der Waals surface area contributed by atoms with E-state index in [0.29, 0.717) is 18.7 Å². The maximum absolute atomic E-state index is 12.4. The van der Waals surface area contributed by atoms with Crippen molar-refractivity contribution in [1.82, 2.24) is 15.5 Å². The minimum Gasteiger partial charge on any atom is -0.492 e. The zero-order valence-electron chi connectivity index (χ0n) is 23.2. The van der Waals surface area contributed by atoms with Gasteiger partial charge in [-0.2, -0.15) is 0 Å². The predicted molar refractivity (Wildman–Crippen MR) is 153 cm³/mol. The first-order valence-corrected chi connectivity index (χ1v) is 13.8. The molecule has 2 aromatic rings. The number of hydrogen-bond donors (Lipinski definition) is 3. The molecule has 0 aliphatic carbocycles. The summed E-state index contributed by atoms with van der Waals surface area (Å²) in [6, 6.07) is 15.3. The first-order valence-electron chi connectivity index (χ1n) is 13.8. The van der Waals surface area contributed by atoms with Gasteiger partial charge in [-0.3, -0.25) is 24.8 Å². The number of nitrogens with one attached hydrogen (secondary N) is 3. The smallest absolute Gasteiger partial charge is 0.325 e. The van der Waals surface area contributed by atoms with E-state index in [-0.39, 0.29) is 24.7 Å². The van der Waals surface area contributed by atoms with E-state index in [9.17, 15) is 9.59 Å². The van der Waals surface area contributed by atoms with Crippen LogP contribution in [0.4, 0.5) is 5.69 Å². The second-order valence-corrected chi connectivity index (χ2v) is 11.0. The second kappa shape index (κ2) is 13.6. The van der Waals surface area contributed by atoms with Gasteiger partial charge in [-0.1, -0.05) is 18.6 Å². The van der Waals surface area contributed by atoms with E-state index in [1.807, 2.05) is 42.6 Å². The molecule has 2 atom stereocenters. The van der Waals surface area contributed by atoms with Crippen LogP contribution in [0.1, 0.15) is 61.9 Å². The van der Waals surface area contributed by atoms with E-state index < -0.39 is 11.6 Å². The molecule has 0 saturated carbocycles.